The van der Waals surface area contributed by atoms with Crippen LogP contribution in [0.1, 0.15) is 15.9 Å². The third-order valence-electron chi connectivity index (χ3n) is 2.18. The average Bonchev–Trinajstić information content (AvgIpc) is 2.26. The fourth-order valence-corrected chi connectivity index (χ4v) is 1.42. The molecule has 1 aromatic carbocycles. The molecule has 0 saturated heterocycles. The van der Waals surface area contributed by atoms with Crippen LogP contribution in [0.15, 0.2) is 12.1 Å². The highest BCUT2D eigenvalue weighted by atomic mass is 16.5. The van der Waals surface area contributed by atoms with Gasteiger partial charge in [-0.3, -0.25) is 4.79 Å². The highest BCUT2D eigenvalue weighted by Gasteiger charge is 2.15. The van der Waals surface area contributed by atoms with E-state index in [9.17, 15) is 4.79 Å². The zero-order chi connectivity index (χ0) is 11.4. The number of benzene rings is 1. The van der Waals surface area contributed by atoms with Crippen LogP contribution >= 0.6 is 0 Å². The Labute approximate surface area is 89.2 Å². The summed E-state index contributed by atoms with van der Waals surface area (Å²) in [5.41, 5.74) is 1.37. The van der Waals surface area contributed by atoms with E-state index in [1.807, 2.05) is 6.92 Å². The molecule has 15 heavy (non-hydrogen) atoms. The molecule has 1 N–H and O–H groups in total. The highest BCUT2D eigenvalue weighted by Crippen LogP contribution is 2.28. The Bertz CT molecular complexity index is 374. The summed E-state index contributed by atoms with van der Waals surface area (Å²) >= 11 is 0. The lowest BCUT2D eigenvalue weighted by Gasteiger charge is -2.12. The zero-order valence-electron chi connectivity index (χ0n) is 9.38. The number of nitrogens with one attached hydrogen (secondary N) is 1. The van der Waals surface area contributed by atoms with Gasteiger partial charge in [-0.15, -0.1) is 0 Å². The molecule has 0 unspecified atom stereocenters. The number of amides is 1. The van der Waals surface area contributed by atoms with Gasteiger partial charge in [-0.1, -0.05) is 0 Å². The second-order valence-corrected chi connectivity index (χ2v) is 3.10. The molecule has 1 aromatic rings. The van der Waals surface area contributed by atoms with Crippen LogP contribution in [0.4, 0.5) is 0 Å². The number of methoxy groups -OCH3 is 2. The second kappa shape index (κ2) is 4.68. The van der Waals surface area contributed by atoms with Gasteiger partial charge in [0, 0.05) is 13.1 Å². The Kier molecular flexibility index (Phi) is 3.55. The maximum atomic E-state index is 11.6. The normalized spacial score (nSPS) is 9.60. The molecule has 0 bridgehead atoms. The lowest BCUT2D eigenvalue weighted by Crippen LogP contribution is -2.20. The number of hydrogen-bond acceptors (Lipinski definition) is 3. The molecular formula is C11H15NO3. The fraction of sp³-hybridized carbons (Fsp3) is 0.364. The van der Waals surface area contributed by atoms with Crippen LogP contribution in [0, 0.1) is 6.92 Å². The predicted octanol–water partition coefficient (Wildman–Crippen LogP) is 1.37. The summed E-state index contributed by atoms with van der Waals surface area (Å²) in [4.78, 5) is 11.6. The molecule has 1 rings (SSSR count). The van der Waals surface area contributed by atoms with Crippen molar-refractivity contribution in [2.24, 2.45) is 0 Å². The number of carbonyl (C=O) groups excluding carboxylic acids is 1. The molecule has 82 valence electrons. The summed E-state index contributed by atoms with van der Waals surface area (Å²) < 4.78 is 10.2. The van der Waals surface area contributed by atoms with Gasteiger partial charge >= 0.3 is 0 Å². The molecule has 0 atom stereocenters. The van der Waals surface area contributed by atoms with Crippen LogP contribution in [0.3, 0.4) is 0 Å². The Morgan fingerprint density at radius 2 is 1.93 bits per heavy atom. The summed E-state index contributed by atoms with van der Waals surface area (Å²) in [5.74, 6) is 1.04. The minimum atomic E-state index is -0.160. The minimum Gasteiger partial charge on any atom is -0.497 e. The van der Waals surface area contributed by atoms with Gasteiger partial charge in [0.15, 0.2) is 0 Å². The van der Waals surface area contributed by atoms with Crippen molar-refractivity contribution in [1.29, 1.82) is 0 Å². The molecule has 4 nitrogen and oxygen atoms in total. The predicted molar refractivity (Wildman–Crippen MR) is 57.7 cm³/mol. The van der Waals surface area contributed by atoms with Crippen LogP contribution < -0.4 is 14.8 Å². The number of aryl methyl sites for hydroxylation is 1. The maximum Gasteiger partial charge on any atom is 0.255 e. The van der Waals surface area contributed by atoms with Crippen molar-refractivity contribution >= 4 is 5.91 Å². The number of ether oxygens (including phenoxy) is 2. The molecule has 0 aliphatic rings. The standard InChI is InChI=1S/C11H15NO3/c1-7-5-8(14-3)6-9(15-4)10(7)11(13)12-2/h5-6H,1-4H3,(H,12,13). The van der Waals surface area contributed by atoms with Gasteiger partial charge in [-0.05, 0) is 18.6 Å². The molecule has 0 fully saturated rings. The topological polar surface area (TPSA) is 47.6 Å². The Balaban J connectivity index is 3.30. The minimum absolute atomic E-state index is 0.160. The van der Waals surface area contributed by atoms with E-state index in [-0.39, 0.29) is 5.91 Å². The third kappa shape index (κ3) is 2.21. The number of hydrogen-bond donors (Lipinski definition) is 1. The van der Waals surface area contributed by atoms with Crippen molar-refractivity contribution in [2.75, 3.05) is 21.3 Å². The van der Waals surface area contributed by atoms with Gasteiger partial charge in [-0.25, -0.2) is 0 Å². The zero-order valence-corrected chi connectivity index (χ0v) is 9.38. The van der Waals surface area contributed by atoms with Crippen LogP contribution in [-0.4, -0.2) is 27.2 Å². The molecule has 0 aliphatic heterocycles. The van der Waals surface area contributed by atoms with Crippen LogP contribution in [-0.2, 0) is 0 Å². The van der Waals surface area contributed by atoms with E-state index in [1.54, 1.807) is 26.3 Å². The van der Waals surface area contributed by atoms with Gasteiger partial charge in [0.2, 0.25) is 0 Å². The first-order valence-electron chi connectivity index (χ1n) is 4.58. The summed E-state index contributed by atoms with van der Waals surface area (Å²) in [6, 6.07) is 3.49. The summed E-state index contributed by atoms with van der Waals surface area (Å²) in [5, 5.41) is 2.57. The molecule has 0 aromatic heterocycles. The van der Waals surface area contributed by atoms with Gasteiger partial charge in [0.1, 0.15) is 11.5 Å². The summed E-state index contributed by atoms with van der Waals surface area (Å²) in [6.45, 7) is 1.84. The molecule has 4 heteroatoms. The molecular weight excluding hydrogens is 194 g/mol. The highest BCUT2D eigenvalue weighted by molar-refractivity contribution is 5.98. The molecule has 0 saturated carbocycles. The number of carbonyl (C=O) groups is 1. The Hall–Kier alpha value is -1.71. The van der Waals surface area contributed by atoms with E-state index in [4.69, 9.17) is 9.47 Å². The van der Waals surface area contributed by atoms with Crippen LogP contribution in [0.25, 0.3) is 0 Å². The van der Waals surface area contributed by atoms with E-state index in [2.05, 4.69) is 5.32 Å². The van der Waals surface area contributed by atoms with Crippen molar-refractivity contribution in [2.45, 2.75) is 6.92 Å². The van der Waals surface area contributed by atoms with E-state index in [0.29, 0.717) is 17.1 Å². The molecule has 0 aliphatic carbocycles. The van der Waals surface area contributed by atoms with E-state index in [0.717, 1.165) is 5.56 Å². The average molecular weight is 209 g/mol. The van der Waals surface area contributed by atoms with Crippen molar-refractivity contribution < 1.29 is 14.3 Å². The van der Waals surface area contributed by atoms with E-state index in [1.165, 1.54) is 7.11 Å². The maximum absolute atomic E-state index is 11.6. The first-order chi connectivity index (χ1) is 7.13. The van der Waals surface area contributed by atoms with E-state index < -0.39 is 0 Å². The van der Waals surface area contributed by atoms with Crippen molar-refractivity contribution in [3.05, 3.63) is 23.3 Å². The Morgan fingerprint density at radius 1 is 1.27 bits per heavy atom. The SMILES string of the molecule is CNC(=O)c1c(C)cc(OC)cc1OC. The molecule has 1 amide bonds. The molecule has 0 radical (unpaired) electrons. The summed E-state index contributed by atoms with van der Waals surface area (Å²) in [7, 11) is 4.69. The largest absolute Gasteiger partial charge is 0.497 e. The molecule has 0 spiro atoms. The smallest absolute Gasteiger partial charge is 0.255 e. The summed E-state index contributed by atoms with van der Waals surface area (Å²) in [6.07, 6.45) is 0. The van der Waals surface area contributed by atoms with Crippen molar-refractivity contribution in [3.8, 4) is 11.5 Å². The quantitative estimate of drug-likeness (QED) is 0.818. The van der Waals surface area contributed by atoms with Gasteiger partial charge in [0.05, 0.1) is 19.8 Å². The van der Waals surface area contributed by atoms with Crippen molar-refractivity contribution in [1.82, 2.24) is 5.32 Å². The van der Waals surface area contributed by atoms with E-state index >= 15 is 0 Å². The fourth-order valence-electron chi connectivity index (χ4n) is 1.42. The Morgan fingerprint density at radius 3 is 2.40 bits per heavy atom. The lowest BCUT2D eigenvalue weighted by molar-refractivity contribution is 0.0959. The lowest BCUT2D eigenvalue weighted by atomic mass is 10.1. The van der Waals surface area contributed by atoms with Crippen LogP contribution in [0.2, 0.25) is 0 Å². The van der Waals surface area contributed by atoms with Crippen molar-refractivity contribution in [3.63, 3.8) is 0 Å². The van der Waals surface area contributed by atoms with Crippen LogP contribution in [0.5, 0.6) is 11.5 Å². The molecule has 0 heterocycles. The van der Waals surface area contributed by atoms with Gasteiger partial charge < -0.3 is 14.8 Å². The van der Waals surface area contributed by atoms with Gasteiger partial charge in [-0.2, -0.15) is 0 Å². The number of rotatable bonds is 3. The third-order valence-corrected chi connectivity index (χ3v) is 2.18. The first kappa shape index (κ1) is 11.4. The first-order valence-corrected chi connectivity index (χ1v) is 4.58. The van der Waals surface area contributed by atoms with Gasteiger partial charge in [0.25, 0.3) is 5.91 Å². The second-order valence-electron chi connectivity index (χ2n) is 3.10. The monoisotopic (exact) mass is 209 g/mol.